The molecule has 1 saturated carbocycles. The van der Waals surface area contributed by atoms with Crippen LogP contribution in [0.4, 0.5) is 0 Å². The molecule has 2 amide bonds. The molecule has 1 saturated heterocycles. The van der Waals surface area contributed by atoms with Gasteiger partial charge >= 0.3 is 5.97 Å². The van der Waals surface area contributed by atoms with Crippen LogP contribution in [0.3, 0.4) is 0 Å². The molecule has 1 unspecified atom stereocenters. The van der Waals surface area contributed by atoms with E-state index in [1.54, 1.807) is 30.6 Å². The van der Waals surface area contributed by atoms with E-state index in [1.807, 2.05) is 0 Å². The van der Waals surface area contributed by atoms with Gasteiger partial charge in [0.15, 0.2) is 0 Å². The predicted octanol–water partition coefficient (Wildman–Crippen LogP) is 1.74. The maximum atomic E-state index is 13.1. The molecular weight excluding hydrogens is 388 g/mol. The summed E-state index contributed by atoms with van der Waals surface area (Å²) < 4.78 is 10.8. The highest BCUT2D eigenvalue weighted by atomic mass is 16.6. The van der Waals surface area contributed by atoms with Gasteiger partial charge in [-0.25, -0.2) is 4.79 Å². The molecule has 1 atom stereocenters. The third kappa shape index (κ3) is 7.87. The molecule has 30 heavy (non-hydrogen) atoms. The molecule has 172 valence electrons. The Morgan fingerprint density at radius 1 is 1.13 bits per heavy atom. The van der Waals surface area contributed by atoms with Crippen molar-refractivity contribution in [2.75, 3.05) is 39.5 Å². The highest BCUT2D eigenvalue weighted by Gasteiger charge is 2.35. The molecule has 1 aliphatic heterocycles. The van der Waals surface area contributed by atoms with Crippen LogP contribution in [0.2, 0.25) is 0 Å². The number of carbonyl (C=O) groups is 3. The SMILES string of the molecule is CC(C)(C)OC(=O)C(CCO)N(CC1CCCC1)C(=O)CCC(=O)N1CCOCC1. The van der Waals surface area contributed by atoms with Gasteiger partial charge in [0.25, 0.3) is 0 Å². The molecule has 0 radical (unpaired) electrons. The van der Waals surface area contributed by atoms with Gasteiger partial charge in [0.2, 0.25) is 11.8 Å². The fourth-order valence-corrected chi connectivity index (χ4v) is 4.10. The standard InChI is InChI=1S/C22H38N2O6/c1-22(2,3)30-21(28)18(10-13-25)24(16-17-6-4-5-7-17)20(27)9-8-19(26)23-11-14-29-15-12-23/h17-18,25H,4-16H2,1-3H3. The van der Waals surface area contributed by atoms with Crippen LogP contribution in [-0.4, -0.2) is 83.8 Å². The number of amides is 2. The molecule has 0 aromatic rings. The lowest BCUT2D eigenvalue weighted by atomic mass is 10.0. The van der Waals surface area contributed by atoms with Crippen LogP contribution in [0.15, 0.2) is 0 Å². The number of morpholine rings is 1. The van der Waals surface area contributed by atoms with E-state index in [1.165, 1.54) is 0 Å². The molecule has 2 aliphatic rings. The van der Waals surface area contributed by atoms with Gasteiger partial charge in [-0.2, -0.15) is 0 Å². The Bertz CT molecular complexity index is 577. The first-order valence-electron chi connectivity index (χ1n) is 11.2. The Kier molecular flexibility index (Phi) is 9.55. The van der Waals surface area contributed by atoms with Crippen molar-refractivity contribution in [3.05, 3.63) is 0 Å². The van der Waals surface area contributed by atoms with E-state index in [0.29, 0.717) is 38.8 Å². The van der Waals surface area contributed by atoms with E-state index in [2.05, 4.69) is 0 Å². The summed E-state index contributed by atoms with van der Waals surface area (Å²) in [5.74, 6) is -0.453. The Balaban J connectivity index is 2.07. The molecular formula is C22H38N2O6. The zero-order valence-electron chi connectivity index (χ0n) is 18.7. The summed E-state index contributed by atoms with van der Waals surface area (Å²) >= 11 is 0. The second kappa shape index (κ2) is 11.6. The molecule has 1 N–H and O–H groups in total. The first-order chi connectivity index (χ1) is 14.2. The van der Waals surface area contributed by atoms with Crippen molar-refractivity contribution in [3.8, 4) is 0 Å². The Morgan fingerprint density at radius 3 is 2.33 bits per heavy atom. The fraction of sp³-hybridized carbons (Fsp3) is 0.864. The van der Waals surface area contributed by atoms with Crippen LogP contribution in [0.1, 0.15) is 65.7 Å². The van der Waals surface area contributed by atoms with Crippen LogP contribution < -0.4 is 0 Å². The van der Waals surface area contributed by atoms with Crippen LogP contribution in [0.25, 0.3) is 0 Å². The lowest BCUT2D eigenvalue weighted by Crippen LogP contribution is -2.50. The number of rotatable bonds is 9. The van der Waals surface area contributed by atoms with Gasteiger partial charge in [-0.3, -0.25) is 9.59 Å². The third-order valence-electron chi connectivity index (χ3n) is 5.62. The summed E-state index contributed by atoms with van der Waals surface area (Å²) in [7, 11) is 0. The van der Waals surface area contributed by atoms with Crippen molar-refractivity contribution in [3.63, 3.8) is 0 Å². The Hall–Kier alpha value is -1.67. The molecule has 8 nitrogen and oxygen atoms in total. The van der Waals surface area contributed by atoms with Crippen LogP contribution in [-0.2, 0) is 23.9 Å². The Labute approximate surface area is 179 Å². The third-order valence-corrected chi connectivity index (χ3v) is 5.62. The van der Waals surface area contributed by atoms with E-state index in [9.17, 15) is 19.5 Å². The average molecular weight is 427 g/mol. The zero-order valence-corrected chi connectivity index (χ0v) is 18.7. The zero-order chi connectivity index (χ0) is 22.1. The number of carbonyl (C=O) groups excluding carboxylic acids is 3. The van der Waals surface area contributed by atoms with Crippen molar-refractivity contribution in [1.29, 1.82) is 0 Å². The number of esters is 1. The average Bonchev–Trinajstić information content (AvgIpc) is 3.21. The highest BCUT2D eigenvalue weighted by molar-refractivity contribution is 5.87. The largest absolute Gasteiger partial charge is 0.458 e. The Morgan fingerprint density at radius 2 is 1.77 bits per heavy atom. The number of hydrogen-bond acceptors (Lipinski definition) is 6. The van der Waals surface area contributed by atoms with E-state index in [4.69, 9.17) is 9.47 Å². The summed E-state index contributed by atoms with van der Waals surface area (Å²) in [6.07, 6.45) is 4.59. The molecule has 0 aromatic carbocycles. The van der Waals surface area contributed by atoms with Gasteiger partial charge in [0.1, 0.15) is 11.6 Å². The molecule has 1 heterocycles. The van der Waals surface area contributed by atoms with E-state index in [-0.39, 0.29) is 37.7 Å². The summed E-state index contributed by atoms with van der Waals surface area (Å²) in [5, 5.41) is 9.55. The summed E-state index contributed by atoms with van der Waals surface area (Å²) in [6.45, 7) is 7.73. The minimum absolute atomic E-state index is 0.0492. The number of ether oxygens (including phenoxy) is 2. The predicted molar refractivity (Wildman–Crippen MR) is 112 cm³/mol. The highest BCUT2D eigenvalue weighted by Crippen LogP contribution is 2.27. The van der Waals surface area contributed by atoms with Crippen molar-refractivity contribution in [2.24, 2.45) is 5.92 Å². The van der Waals surface area contributed by atoms with Crippen LogP contribution in [0, 0.1) is 5.92 Å². The summed E-state index contributed by atoms with van der Waals surface area (Å²) in [6, 6.07) is -0.833. The topological polar surface area (TPSA) is 96.4 Å². The van der Waals surface area contributed by atoms with E-state index in [0.717, 1.165) is 25.7 Å². The fourth-order valence-electron chi connectivity index (χ4n) is 4.10. The lowest BCUT2D eigenvalue weighted by molar-refractivity contribution is -0.166. The summed E-state index contributed by atoms with van der Waals surface area (Å²) in [5.41, 5.74) is -0.681. The second-order valence-corrected chi connectivity index (χ2v) is 9.25. The summed E-state index contributed by atoms with van der Waals surface area (Å²) in [4.78, 5) is 41.7. The smallest absolute Gasteiger partial charge is 0.329 e. The first-order valence-corrected chi connectivity index (χ1v) is 11.2. The quantitative estimate of drug-likeness (QED) is 0.564. The van der Waals surface area contributed by atoms with Gasteiger partial charge in [-0.15, -0.1) is 0 Å². The van der Waals surface area contributed by atoms with Gasteiger partial charge in [-0.05, 0) is 39.5 Å². The van der Waals surface area contributed by atoms with Crippen molar-refractivity contribution in [1.82, 2.24) is 9.80 Å². The number of aliphatic hydroxyl groups is 1. The van der Waals surface area contributed by atoms with Crippen molar-refractivity contribution in [2.45, 2.75) is 77.4 Å². The molecule has 0 bridgehead atoms. The van der Waals surface area contributed by atoms with Crippen LogP contribution in [0.5, 0.6) is 0 Å². The maximum absolute atomic E-state index is 13.1. The molecule has 1 aliphatic carbocycles. The second-order valence-electron chi connectivity index (χ2n) is 9.25. The molecule has 8 heteroatoms. The maximum Gasteiger partial charge on any atom is 0.329 e. The van der Waals surface area contributed by atoms with Crippen molar-refractivity contribution < 1.29 is 29.0 Å². The van der Waals surface area contributed by atoms with Gasteiger partial charge in [0, 0.05) is 45.5 Å². The van der Waals surface area contributed by atoms with Gasteiger partial charge in [-0.1, -0.05) is 12.8 Å². The van der Waals surface area contributed by atoms with Crippen molar-refractivity contribution >= 4 is 17.8 Å². The van der Waals surface area contributed by atoms with Gasteiger partial charge < -0.3 is 24.4 Å². The molecule has 0 spiro atoms. The molecule has 2 rings (SSSR count). The van der Waals surface area contributed by atoms with Gasteiger partial charge in [0.05, 0.1) is 13.2 Å². The first kappa shape index (κ1) is 24.6. The number of hydrogen-bond donors (Lipinski definition) is 1. The van der Waals surface area contributed by atoms with E-state index >= 15 is 0 Å². The minimum Gasteiger partial charge on any atom is -0.458 e. The monoisotopic (exact) mass is 426 g/mol. The van der Waals surface area contributed by atoms with Crippen LogP contribution >= 0.6 is 0 Å². The number of nitrogens with zero attached hydrogens (tertiary/aromatic N) is 2. The normalized spacial score (nSPS) is 18.9. The molecule has 2 fully saturated rings. The minimum atomic E-state index is -0.833. The lowest BCUT2D eigenvalue weighted by Gasteiger charge is -2.34. The number of aliphatic hydroxyl groups excluding tert-OH is 1. The van der Waals surface area contributed by atoms with E-state index < -0.39 is 17.6 Å². The molecule has 0 aromatic heterocycles.